The van der Waals surface area contributed by atoms with Gasteiger partial charge in [-0.3, -0.25) is 4.52 Å². The van der Waals surface area contributed by atoms with E-state index in [9.17, 15) is 4.57 Å². The molecular weight excluding hydrogens is 351 g/mol. The van der Waals surface area contributed by atoms with E-state index in [1.54, 1.807) is 0 Å². The highest BCUT2D eigenvalue weighted by molar-refractivity contribution is 7.46. The monoisotopic (exact) mass is 386 g/mol. The lowest BCUT2D eigenvalue weighted by molar-refractivity contribution is -0.635. The molecule has 0 amide bonds. The van der Waals surface area contributed by atoms with E-state index in [0.717, 1.165) is 12.8 Å². The molecule has 9 heteroatoms. The summed E-state index contributed by atoms with van der Waals surface area (Å²) in [7, 11) is -4.52. The first-order valence-corrected chi connectivity index (χ1v) is 10.8. The lowest BCUT2D eigenvalue weighted by Crippen LogP contribution is -2.15. The van der Waals surface area contributed by atoms with Crippen molar-refractivity contribution in [3.05, 3.63) is 0 Å². The van der Waals surface area contributed by atoms with Crippen molar-refractivity contribution in [2.45, 2.75) is 90.6 Å². The van der Waals surface area contributed by atoms with E-state index >= 15 is 0 Å². The van der Waals surface area contributed by atoms with Crippen LogP contribution in [0.15, 0.2) is 0 Å². The highest BCUT2D eigenvalue weighted by atomic mass is 31.2. The van der Waals surface area contributed by atoms with E-state index in [2.05, 4.69) is 26.4 Å². The summed E-state index contributed by atoms with van der Waals surface area (Å²) in [6.07, 6.45) is 12.9. The fourth-order valence-corrected chi connectivity index (χ4v) is 2.82. The number of rotatable bonds is 19. The number of hydrogen-bond acceptors (Lipinski definition) is 6. The smallest absolute Gasteiger partial charge is 0.303 e. The molecule has 0 fully saturated rings. The molecule has 1 atom stereocenters. The van der Waals surface area contributed by atoms with Crippen LogP contribution in [0, 0.1) is 0 Å². The summed E-state index contributed by atoms with van der Waals surface area (Å²) >= 11 is 0. The molecule has 0 aliphatic heterocycles. The topological polar surface area (TPSA) is 104 Å². The van der Waals surface area contributed by atoms with Gasteiger partial charge in [-0.2, -0.15) is 0 Å². The van der Waals surface area contributed by atoms with Gasteiger partial charge in [0.15, 0.2) is 0 Å². The highest BCUT2D eigenvalue weighted by Crippen LogP contribution is 2.37. The average Bonchev–Trinajstić information content (AvgIpc) is 2.53. The Kier molecular flexibility index (Phi) is 17.3. The van der Waals surface area contributed by atoms with Gasteiger partial charge in [-0.1, -0.05) is 71.1 Å². The molecule has 1 unspecified atom stereocenters. The van der Waals surface area contributed by atoms with E-state index in [1.165, 1.54) is 64.7 Å². The average molecular weight is 386 g/mol. The number of phosphoric acid groups is 1. The Morgan fingerprint density at radius 3 is 1.80 bits per heavy atom. The summed E-state index contributed by atoms with van der Waals surface area (Å²) in [4.78, 5) is 26.4. The summed E-state index contributed by atoms with van der Waals surface area (Å²) in [5.41, 5.74) is 0. The molecule has 0 heterocycles. The molecule has 0 aromatic rings. The highest BCUT2D eigenvalue weighted by Gasteiger charge is 2.19. The van der Waals surface area contributed by atoms with Gasteiger partial charge in [0, 0.05) is 0 Å². The van der Waals surface area contributed by atoms with E-state index in [-0.39, 0.29) is 6.61 Å². The Morgan fingerprint density at radius 2 is 1.28 bits per heavy atom. The zero-order valence-electron chi connectivity index (χ0n) is 15.6. The Balaban J connectivity index is 3.13. The third-order valence-electron chi connectivity index (χ3n) is 3.58. The van der Waals surface area contributed by atoms with Crippen LogP contribution >= 0.6 is 7.82 Å². The summed E-state index contributed by atoms with van der Waals surface area (Å²) in [5, 5.41) is 8.60. The van der Waals surface area contributed by atoms with Crippen LogP contribution in [0.5, 0.6) is 0 Å². The quantitative estimate of drug-likeness (QED) is 0.144. The minimum atomic E-state index is -4.52. The van der Waals surface area contributed by atoms with Crippen molar-refractivity contribution in [3.8, 4) is 0 Å². The van der Waals surface area contributed by atoms with Crippen molar-refractivity contribution in [2.75, 3.05) is 13.2 Å². The van der Waals surface area contributed by atoms with Crippen LogP contribution in [0.1, 0.15) is 84.5 Å². The molecule has 0 saturated heterocycles. The molecular formula is C16H35O8P. The fourth-order valence-electron chi connectivity index (χ4n) is 2.29. The predicted octanol–water partition coefficient (Wildman–Crippen LogP) is 4.61. The molecule has 0 radical (unpaired) electrons. The van der Waals surface area contributed by atoms with Gasteiger partial charge in [0.05, 0.1) is 12.7 Å². The van der Waals surface area contributed by atoms with Gasteiger partial charge in [0.2, 0.25) is 0 Å². The zero-order chi connectivity index (χ0) is 18.8. The second kappa shape index (κ2) is 17.4. The predicted molar refractivity (Wildman–Crippen MR) is 93.1 cm³/mol. The van der Waals surface area contributed by atoms with Crippen molar-refractivity contribution in [1.82, 2.24) is 0 Å². The van der Waals surface area contributed by atoms with Gasteiger partial charge in [-0.05, 0) is 23.4 Å². The lowest BCUT2D eigenvalue weighted by Gasteiger charge is -2.11. The summed E-state index contributed by atoms with van der Waals surface area (Å²) in [5.74, 6) is 0. The SMILES string of the molecule is CCCCCCCCCCCCCOOOOCC(C)OP(=O)(O)O. The molecule has 0 bridgehead atoms. The maximum Gasteiger partial charge on any atom is 0.469 e. The molecule has 0 spiro atoms. The summed E-state index contributed by atoms with van der Waals surface area (Å²) in [6.45, 7) is 3.86. The standard InChI is InChI=1S/C16H35O8P/c1-3-4-5-6-7-8-9-10-11-12-13-14-20-23-24-21-15-16(2)22-25(17,18)19/h16H,3-15H2,1-2H3,(H2,17,18,19). The van der Waals surface area contributed by atoms with E-state index in [1.807, 2.05) is 0 Å². The second-order valence-corrected chi connectivity index (χ2v) is 7.38. The van der Waals surface area contributed by atoms with Crippen LogP contribution in [0.25, 0.3) is 0 Å². The van der Waals surface area contributed by atoms with Gasteiger partial charge >= 0.3 is 7.82 Å². The molecule has 0 aliphatic rings. The Bertz CT molecular complexity index is 323. The molecule has 0 aliphatic carbocycles. The van der Waals surface area contributed by atoms with E-state index in [4.69, 9.17) is 14.7 Å². The number of hydrogen-bond donors (Lipinski definition) is 2. The van der Waals surface area contributed by atoms with Gasteiger partial charge in [-0.25, -0.2) is 14.3 Å². The van der Waals surface area contributed by atoms with Crippen LogP contribution in [0.3, 0.4) is 0 Å². The largest absolute Gasteiger partial charge is 0.469 e. The van der Waals surface area contributed by atoms with Gasteiger partial charge in [-0.15, -0.1) is 0 Å². The minimum Gasteiger partial charge on any atom is -0.303 e. The van der Waals surface area contributed by atoms with Crippen molar-refractivity contribution in [3.63, 3.8) is 0 Å². The molecule has 8 nitrogen and oxygen atoms in total. The molecule has 0 saturated carbocycles. The third-order valence-corrected chi connectivity index (χ3v) is 4.21. The zero-order valence-corrected chi connectivity index (χ0v) is 16.5. The number of phosphoric ester groups is 1. The number of unbranched alkanes of at least 4 members (excludes halogenated alkanes) is 10. The normalized spacial score (nSPS) is 13.3. The van der Waals surface area contributed by atoms with Crippen LogP contribution in [-0.2, 0) is 28.9 Å². The first-order valence-electron chi connectivity index (χ1n) is 9.27. The molecule has 152 valence electrons. The van der Waals surface area contributed by atoms with Crippen molar-refractivity contribution < 1.29 is 38.7 Å². The van der Waals surface area contributed by atoms with Gasteiger partial charge in [0.25, 0.3) is 0 Å². The molecule has 0 rings (SSSR count). The van der Waals surface area contributed by atoms with Crippen LogP contribution in [-0.4, -0.2) is 29.1 Å². The van der Waals surface area contributed by atoms with Gasteiger partial charge < -0.3 is 9.79 Å². The molecule has 25 heavy (non-hydrogen) atoms. The molecule has 0 aromatic heterocycles. The maximum absolute atomic E-state index is 10.5. The lowest BCUT2D eigenvalue weighted by atomic mass is 10.1. The van der Waals surface area contributed by atoms with E-state index in [0.29, 0.717) is 6.61 Å². The van der Waals surface area contributed by atoms with Crippen molar-refractivity contribution in [2.24, 2.45) is 0 Å². The summed E-state index contributed by atoms with van der Waals surface area (Å²) < 4.78 is 14.9. The first kappa shape index (κ1) is 24.9. The molecule has 0 aromatic carbocycles. The van der Waals surface area contributed by atoms with Crippen LogP contribution in [0.2, 0.25) is 0 Å². The van der Waals surface area contributed by atoms with Gasteiger partial charge in [0.1, 0.15) is 6.61 Å². The van der Waals surface area contributed by atoms with Crippen molar-refractivity contribution in [1.29, 1.82) is 0 Å². The Morgan fingerprint density at radius 1 is 0.800 bits per heavy atom. The second-order valence-electron chi connectivity index (χ2n) is 6.18. The van der Waals surface area contributed by atoms with Crippen LogP contribution in [0.4, 0.5) is 0 Å². The maximum atomic E-state index is 10.5. The Hall–Kier alpha value is -0.0500. The third kappa shape index (κ3) is 21.9. The van der Waals surface area contributed by atoms with E-state index < -0.39 is 13.9 Å². The minimum absolute atomic E-state index is 0.201. The molecule has 2 N–H and O–H groups in total. The summed E-state index contributed by atoms with van der Waals surface area (Å²) in [6, 6.07) is 0. The fraction of sp³-hybridized carbons (Fsp3) is 1.00. The first-order chi connectivity index (χ1) is 12.0. The Labute approximate surface area is 151 Å². The van der Waals surface area contributed by atoms with Crippen LogP contribution < -0.4 is 0 Å². The van der Waals surface area contributed by atoms with Crippen molar-refractivity contribution >= 4 is 7.82 Å².